The Labute approximate surface area is 86.5 Å². The number of nitrogens with two attached hydrogens (primary N) is 1. The first-order chi connectivity index (χ1) is 6.94. The zero-order valence-electron chi connectivity index (χ0n) is 8.34. The molecule has 0 aliphatic heterocycles. The summed E-state index contributed by atoms with van der Waals surface area (Å²) in [7, 11) is 0. The van der Waals surface area contributed by atoms with Crippen LogP contribution in [-0.4, -0.2) is 23.9 Å². The molecule has 1 atom stereocenters. The molecule has 3 N–H and O–H groups in total. The van der Waals surface area contributed by atoms with Crippen LogP contribution in [0.2, 0.25) is 0 Å². The second kappa shape index (κ2) is 4.55. The van der Waals surface area contributed by atoms with Crippen molar-refractivity contribution < 1.29 is 18.6 Å². The van der Waals surface area contributed by atoms with Crippen molar-refractivity contribution in [1.29, 1.82) is 0 Å². The van der Waals surface area contributed by atoms with Gasteiger partial charge in [0.05, 0.1) is 12.1 Å². The van der Waals surface area contributed by atoms with Gasteiger partial charge < -0.3 is 15.6 Å². The van der Waals surface area contributed by atoms with Crippen molar-refractivity contribution in [2.75, 3.05) is 13.2 Å². The van der Waals surface area contributed by atoms with E-state index in [9.17, 15) is 8.78 Å². The third-order valence-electron chi connectivity index (χ3n) is 1.82. The first-order valence-corrected chi connectivity index (χ1v) is 4.42. The molecule has 0 aliphatic carbocycles. The Morgan fingerprint density at radius 1 is 1.40 bits per heavy atom. The van der Waals surface area contributed by atoms with Crippen LogP contribution in [0.4, 0.5) is 8.78 Å². The topological polar surface area (TPSA) is 55.5 Å². The smallest absolute Gasteiger partial charge is 0.162 e. The van der Waals surface area contributed by atoms with E-state index in [4.69, 9.17) is 15.6 Å². The molecule has 1 aromatic rings. The average molecular weight is 217 g/mol. The molecule has 5 heteroatoms. The molecule has 0 bridgehead atoms. The normalized spacial score (nSPS) is 14.7. The molecule has 1 aromatic carbocycles. The summed E-state index contributed by atoms with van der Waals surface area (Å²) in [5.41, 5.74) is 4.69. The molecule has 15 heavy (non-hydrogen) atoms. The first-order valence-electron chi connectivity index (χ1n) is 4.42. The summed E-state index contributed by atoms with van der Waals surface area (Å²) in [6.07, 6.45) is 0. The van der Waals surface area contributed by atoms with E-state index in [1.807, 2.05) is 0 Å². The molecule has 0 fully saturated rings. The van der Waals surface area contributed by atoms with Crippen LogP contribution < -0.4 is 10.5 Å². The second-order valence-electron chi connectivity index (χ2n) is 3.68. The Balaban J connectivity index is 2.62. The predicted octanol–water partition coefficient (Wildman–Crippen LogP) is 1.05. The molecule has 0 saturated carbocycles. The minimum Gasteiger partial charge on any atom is -0.491 e. The lowest BCUT2D eigenvalue weighted by molar-refractivity contribution is 0.146. The van der Waals surface area contributed by atoms with Gasteiger partial charge in [-0.25, -0.2) is 8.78 Å². The van der Waals surface area contributed by atoms with Crippen LogP contribution in [0.3, 0.4) is 0 Å². The van der Waals surface area contributed by atoms with Crippen LogP contribution in [0, 0.1) is 11.6 Å². The van der Waals surface area contributed by atoms with E-state index >= 15 is 0 Å². The highest BCUT2D eigenvalue weighted by molar-refractivity contribution is 5.23. The minimum absolute atomic E-state index is 0.0224. The van der Waals surface area contributed by atoms with Crippen LogP contribution in [0.5, 0.6) is 5.75 Å². The van der Waals surface area contributed by atoms with Gasteiger partial charge in [-0.05, 0) is 19.1 Å². The van der Waals surface area contributed by atoms with Crippen molar-refractivity contribution in [2.45, 2.75) is 12.5 Å². The number of hydrogen-bond donors (Lipinski definition) is 2. The maximum absolute atomic E-state index is 12.7. The summed E-state index contributed by atoms with van der Waals surface area (Å²) in [6, 6.07) is 3.20. The van der Waals surface area contributed by atoms with Crippen molar-refractivity contribution in [3.05, 3.63) is 29.8 Å². The Hall–Kier alpha value is -1.20. The third kappa shape index (κ3) is 3.45. The molecule has 1 rings (SSSR count). The Kier molecular flexibility index (Phi) is 3.60. The molecule has 0 spiro atoms. The van der Waals surface area contributed by atoms with Gasteiger partial charge in [0.15, 0.2) is 11.6 Å². The number of ether oxygens (including phenoxy) is 1. The summed E-state index contributed by atoms with van der Waals surface area (Å²) in [6.45, 7) is 1.36. The van der Waals surface area contributed by atoms with Crippen molar-refractivity contribution in [3.63, 3.8) is 0 Å². The summed E-state index contributed by atoms with van der Waals surface area (Å²) in [4.78, 5) is 0. The Morgan fingerprint density at radius 3 is 2.60 bits per heavy atom. The molecule has 0 amide bonds. The Morgan fingerprint density at radius 2 is 2.07 bits per heavy atom. The monoisotopic (exact) mass is 217 g/mol. The van der Waals surface area contributed by atoms with Gasteiger partial charge in [0.1, 0.15) is 12.4 Å². The zero-order chi connectivity index (χ0) is 11.5. The van der Waals surface area contributed by atoms with Gasteiger partial charge in [0.25, 0.3) is 0 Å². The fraction of sp³-hybridized carbons (Fsp3) is 0.400. The van der Waals surface area contributed by atoms with E-state index in [0.29, 0.717) is 0 Å². The largest absolute Gasteiger partial charge is 0.491 e. The number of hydrogen-bond acceptors (Lipinski definition) is 3. The highest BCUT2D eigenvalue weighted by Crippen LogP contribution is 2.16. The van der Waals surface area contributed by atoms with Gasteiger partial charge in [0.2, 0.25) is 0 Å². The fourth-order valence-electron chi connectivity index (χ4n) is 0.860. The quantitative estimate of drug-likeness (QED) is 0.792. The molecule has 0 radical (unpaired) electrons. The lowest BCUT2D eigenvalue weighted by Gasteiger charge is -2.21. The Bertz CT molecular complexity index is 342. The zero-order valence-corrected chi connectivity index (χ0v) is 8.34. The lowest BCUT2D eigenvalue weighted by atomic mass is 10.1. The average Bonchev–Trinajstić information content (AvgIpc) is 2.20. The van der Waals surface area contributed by atoms with E-state index in [2.05, 4.69) is 0 Å². The molecular formula is C10H13F2NO2. The SMILES string of the molecule is CC(N)(CO)COc1ccc(F)c(F)c1. The molecule has 0 saturated heterocycles. The van der Waals surface area contributed by atoms with Gasteiger partial charge in [-0.2, -0.15) is 0 Å². The van der Waals surface area contributed by atoms with Crippen LogP contribution in [0.25, 0.3) is 0 Å². The van der Waals surface area contributed by atoms with E-state index < -0.39 is 17.2 Å². The van der Waals surface area contributed by atoms with Crippen molar-refractivity contribution in [1.82, 2.24) is 0 Å². The molecular weight excluding hydrogens is 204 g/mol. The van der Waals surface area contributed by atoms with Crippen molar-refractivity contribution >= 4 is 0 Å². The fourth-order valence-corrected chi connectivity index (χ4v) is 0.860. The van der Waals surface area contributed by atoms with Crippen LogP contribution in [0.1, 0.15) is 6.92 Å². The first kappa shape index (κ1) is 11.9. The van der Waals surface area contributed by atoms with Crippen LogP contribution >= 0.6 is 0 Å². The molecule has 0 aromatic heterocycles. The number of aliphatic hydroxyl groups is 1. The van der Waals surface area contributed by atoms with E-state index in [1.165, 1.54) is 6.07 Å². The summed E-state index contributed by atoms with van der Waals surface area (Å²) in [5.74, 6) is -1.73. The highest BCUT2D eigenvalue weighted by Gasteiger charge is 2.18. The summed E-state index contributed by atoms with van der Waals surface area (Å²) < 4.78 is 30.4. The maximum Gasteiger partial charge on any atom is 0.162 e. The van der Waals surface area contributed by atoms with Crippen LogP contribution in [0.15, 0.2) is 18.2 Å². The third-order valence-corrected chi connectivity index (χ3v) is 1.82. The number of halogens is 2. The van der Waals surface area contributed by atoms with Crippen molar-refractivity contribution in [3.8, 4) is 5.75 Å². The lowest BCUT2D eigenvalue weighted by Crippen LogP contribution is -2.45. The number of rotatable bonds is 4. The minimum atomic E-state index is -0.977. The number of benzene rings is 1. The van der Waals surface area contributed by atoms with Crippen LogP contribution in [-0.2, 0) is 0 Å². The highest BCUT2D eigenvalue weighted by atomic mass is 19.2. The standard InChI is InChI=1S/C10H13F2NO2/c1-10(13,5-14)6-15-7-2-3-8(11)9(12)4-7/h2-4,14H,5-6,13H2,1H3. The van der Waals surface area contributed by atoms with Gasteiger partial charge in [-0.15, -0.1) is 0 Å². The molecule has 84 valence electrons. The van der Waals surface area contributed by atoms with E-state index in [-0.39, 0.29) is 19.0 Å². The number of aliphatic hydroxyl groups excluding tert-OH is 1. The van der Waals surface area contributed by atoms with Gasteiger partial charge in [-0.1, -0.05) is 0 Å². The van der Waals surface area contributed by atoms with Gasteiger partial charge >= 0.3 is 0 Å². The summed E-state index contributed by atoms with van der Waals surface area (Å²) >= 11 is 0. The molecule has 0 heterocycles. The maximum atomic E-state index is 12.7. The second-order valence-corrected chi connectivity index (χ2v) is 3.68. The van der Waals surface area contributed by atoms with Gasteiger partial charge in [0, 0.05) is 6.07 Å². The molecule has 0 aliphatic rings. The predicted molar refractivity (Wildman–Crippen MR) is 51.5 cm³/mol. The van der Waals surface area contributed by atoms with E-state index in [0.717, 1.165) is 12.1 Å². The molecule has 3 nitrogen and oxygen atoms in total. The van der Waals surface area contributed by atoms with E-state index in [1.54, 1.807) is 6.92 Å². The molecule has 1 unspecified atom stereocenters. The van der Waals surface area contributed by atoms with Crippen molar-refractivity contribution in [2.24, 2.45) is 5.73 Å². The van der Waals surface area contributed by atoms with Gasteiger partial charge in [-0.3, -0.25) is 0 Å². The summed E-state index contributed by atoms with van der Waals surface area (Å²) in [5, 5.41) is 8.83.